The highest BCUT2D eigenvalue weighted by atomic mass is 16.5. The minimum atomic E-state index is -1.62. The molecule has 0 aromatic heterocycles. The smallest absolute Gasteiger partial charge is 0.306 e. The van der Waals surface area contributed by atoms with Gasteiger partial charge in [0, 0.05) is 17.3 Å². The molecule has 2 unspecified atom stereocenters. The van der Waals surface area contributed by atoms with Gasteiger partial charge in [-0.3, -0.25) is 19.2 Å². The summed E-state index contributed by atoms with van der Waals surface area (Å²) in [5.74, 6) is -2.08. The zero-order valence-electron chi connectivity index (χ0n) is 19.7. The number of esters is 1. The van der Waals surface area contributed by atoms with Gasteiger partial charge in [-0.1, -0.05) is 38.0 Å². The van der Waals surface area contributed by atoms with Gasteiger partial charge in [0.1, 0.15) is 5.60 Å². The molecule has 0 heterocycles. The van der Waals surface area contributed by atoms with Crippen molar-refractivity contribution in [1.82, 2.24) is 0 Å². The van der Waals surface area contributed by atoms with E-state index in [0.717, 1.165) is 19.3 Å². The number of carboxylic acids is 1. The van der Waals surface area contributed by atoms with E-state index in [4.69, 9.17) is 9.84 Å². The Balaban J connectivity index is 1.57. The number of hydrogen-bond acceptors (Lipinski definition) is 6. The van der Waals surface area contributed by atoms with E-state index < -0.39 is 35.3 Å². The van der Waals surface area contributed by atoms with Crippen LogP contribution in [-0.4, -0.2) is 45.9 Å². The summed E-state index contributed by atoms with van der Waals surface area (Å²) in [5.41, 5.74) is 0.167. The van der Waals surface area contributed by atoms with Gasteiger partial charge in [0.05, 0.1) is 12.8 Å². The lowest BCUT2D eigenvalue weighted by Crippen LogP contribution is -2.57. The maximum Gasteiger partial charge on any atom is 0.306 e. The fourth-order valence-electron chi connectivity index (χ4n) is 7.33. The zero-order chi connectivity index (χ0) is 24.2. The van der Waals surface area contributed by atoms with Crippen LogP contribution in [0.25, 0.3) is 0 Å². The molecule has 0 saturated heterocycles. The maximum absolute atomic E-state index is 13.3. The number of hydrogen-bond donors (Lipinski definition) is 2. The SMILES string of the molecule is C[C@@H]1CC2C3CCC4=CC(=O)CC[C@]4(C)C3=CC[C@]2(C)[C@@]1(O)C(=O)COC(=O)CCC(=O)O. The minimum Gasteiger partial charge on any atom is -0.481 e. The lowest BCUT2D eigenvalue weighted by Gasteiger charge is -2.54. The fraction of sp³-hybridized carbons (Fsp3) is 0.692. The van der Waals surface area contributed by atoms with Crippen LogP contribution in [-0.2, 0) is 23.9 Å². The summed E-state index contributed by atoms with van der Waals surface area (Å²) in [7, 11) is 0. The molecule has 6 atom stereocenters. The highest BCUT2D eigenvalue weighted by molar-refractivity contribution is 5.92. The summed E-state index contributed by atoms with van der Waals surface area (Å²) in [6, 6.07) is 0. The lowest BCUT2D eigenvalue weighted by atomic mass is 9.50. The molecule has 2 N–H and O–H groups in total. The predicted octanol–water partition coefficient (Wildman–Crippen LogP) is 3.39. The molecule has 0 radical (unpaired) electrons. The minimum absolute atomic E-state index is 0.119. The number of carbonyl (C=O) groups excluding carboxylic acids is 3. The van der Waals surface area contributed by atoms with Crippen molar-refractivity contribution in [2.24, 2.45) is 28.6 Å². The van der Waals surface area contributed by atoms with Crippen molar-refractivity contribution in [2.45, 2.75) is 77.7 Å². The Labute approximate surface area is 194 Å². The Morgan fingerprint density at radius 1 is 1.18 bits per heavy atom. The van der Waals surface area contributed by atoms with Crippen LogP contribution in [0.4, 0.5) is 0 Å². The second-order valence-corrected chi connectivity index (χ2v) is 10.9. The number of rotatable bonds is 6. The normalized spacial score (nSPS) is 39.5. The molecule has 2 saturated carbocycles. The largest absolute Gasteiger partial charge is 0.481 e. The Bertz CT molecular complexity index is 962. The molecule has 7 heteroatoms. The Hall–Kier alpha value is -2.28. The fourth-order valence-corrected chi connectivity index (χ4v) is 7.33. The van der Waals surface area contributed by atoms with E-state index in [0.29, 0.717) is 19.3 Å². The quantitative estimate of drug-likeness (QED) is 0.463. The molecule has 0 amide bonds. The first-order valence-corrected chi connectivity index (χ1v) is 12.0. The van der Waals surface area contributed by atoms with Gasteiger partial charge in [-0.2, -0.15) is 0 Å². The average Bonchev–Trinajstić information content (AvgIpc) is 2.98. The lowest BCUT2D eigenvalue weighted by molar-refractivity contribution is -0.168. The van der Waals surface area contributed by atoms with Gasteiger partial charge < -0.3 is 14.9 Å². The number of carboxylic acid groups (broad SMARTS) is 1. The van der Waals surface area contributed by atoms with E-state index in [-0.39, 0.29) is 41.8 Å². The second kappa shape index (κ2) is 8.19. The number of Topliss-reactive ketones (excluding diaryl/α,β-unsaturated/α-hetero) is 1. The number of ether oxygens (including phenoxy) is 1. The molecule has 4 aliphatic rings. The van der Waals surface area contributed by atoms with E-state index in [9.17, 15) is 24.3 Å². The van der Waals surface area contributed by atoms with Crippen LogP contribution in [0.15, 0.2) is 23.3 Å². The average molecular weight is 459 g/mol. The van der Waals surface area contributed by atoms with Crippen LogP contribution < -0.4 is 0 Å². The number of fused-ring (bicyclic) bond motifs is 5. The topological polar surface area (TPSA) is 118 Å². The van der Waals surface area contributed by atoms with Gasteiger partial charge in [-0.15, -0.1) is 0 Å². The van der Waals surface area contributed by atoms with Crippen LogP contribution in [0.1, 0.15) is 72.1 Å². The van der Waals surface area contributed by atoms with Gasteiger partial charge in [0.2, 0.25) is 5.78 Å². The third-order valence-electron chi connectivity index (χ3n) is 9.25. The molecule has 2 fully saturated rings. The Morgan fingerprint density at radius 3 is 2.61 bits per heavy atom. The van der Waals surface area contributed by atoms with E-state index >= 15 is 0 Å². The van der Waals surface area contributed by atoms with Gasteiger partial charge in [0.15, 0.2) is 12.4 Å². The van der Waals surface area contributed by atoms with Gasteiger partial charge in [-0.25, -0.2) is 0 Å². The molecule has 0 spiro atoms. The van der Waals surface area contributed by atoms with Crippen molar-refractivity contribution < 1.29 is 34.1 Å². The third kappa shape index (κ3) is 3.59. The molecule has 0 bridgehead atoms. The van der Waals surface area contributed by atoms with Crippen LogP contribution in [0.5, 0.6) is 0 Å². The summed E-state index contributed by atoms with van der Waals surface area (Å²) >= 11 is 0. The standard InChI is InChI=1S/C26H34O7/c1-15-12-20-18-5-4-16-13-17(27)8-10-24(16,2)19(18)9-11-25(20,3)26(15,32)21(28)14-33-23(31)7-6-22(29)30/h9,13,15,18,20,32H,4-8,10-12,14H2,1-3H3,(H,29,30)/t15-,18?,20?,24+,25+,26+/m1/s1. The predicted molar refractivity (Wildman–Crippen MR) is 119 cm³/mol. The van der Waals surface area contributed by atoms with Crippen molar-refractivity contribution in [3.63, 3.8) is 0 Å². The Morgan fingerprint density at radius 2 is 1.91 bits per heavy atom. The molecule has 33 heavy (non-hydrogen) atoms. The molecule has 180 valence electrons. The molecule has 0 aromatic carbocycles. The van der Waals surface area contributed by atoms with Crippen LogP contribution in [0.3, 0.4) is 0 Å². The number of allylic oxidation sites excluding steroid dienone is 4. The first-order valence-electron chi connectivity index (χ1n) is 12.0. The van der Waals surface area contributed by atoms with Crippen LogP contribution in [0, 0.1) is 28.6 Å². The molecule has 4 rings (SSSR count). The van der Waals surface area contributed by atoms with E-state index in [1.807, 2.05) is 19.9 Å². The summed E-state index contributed by atoms with van der Waals surface area (Å²) < 4.78 is 5.04. The highest BCUT2D eigenvalue weighted by Crippen LogP contribution is 2.66. The molecule has 0 aromatic rings. The third-order valence-corrected chi connectivity index (χ3v) is 9.25. The molecular formula is C26H34O7. The van der Waals surface area contributed by atoms with Crippen LogP contribution >= 0.6 is 0 Å². The van der Waals surface area contributed by atoms with Crippen molar-refractivity contribution in [1.29, 1.82) is 0 Å². The van der Waals surface area contributed by atoms with Crippen molar-refractivity contribution >= 4 is 23.5 Å². The molecule has 7 nitrogen and oxygen atoms in total. The van der Waals surface area contributed by atoms with Crippen molar-refractivity contribution in [3.8, 4) is 0 Å². The number of carbonyl (C=O) groups is 4. The monoisotopic (exact) mass is 458 g/mol. The van der Waals surface area contributed by atoms with E-state index in [1.165, 1.54) is 11.1 Å². The summed E-state index contributed by atoms with van der Waals surface area (Å²) in [4.78, 5) is 47.7. The highest BCUT2D eigenvalue weighted by Gasteiger charge is 2.67. The summed E-state index contributed by atoms with van der Waals surface area (Å²) in [5, 5.41) is 20.5. The van der Waals surface area contributed by atoms with E-state index in [1.54, 1.807) is 0 Å². The van der Waals surface area contributed by atoms with Gasteiger partial charge >= 0.3 is 11.9 Å². The summed E-state index contributed by atoms with van der Waals surface area (Å²) in [6.45, 7) is 5.56. The first kappa shape index (κ1) is 23.9. The summed E-state index contributed by atoms with van der Waals surface area (Å²) in [6.07, 6.45) is 7.78. The zero-order valence-corrected chi connectivity index (χ0v) is 19.7. The molecule has 4 aliphatic carbocycles. The molecular weight excluding hydrogens is 424 g/mol. The first-order chi connectivity index (χ1) is 15.4. The number of aliphatic carboxylic acids is 1. The second-order valence-electron chi connectivity index (χ2n) is 10.9. The van der Waals surface area contributed by atoms with Gasteiger partial charge in [-0.05, 0) is 55.9 Å². The van der Waals surface area contributed by atoms with Crippen LogP contribution in [0.2, 0.25) is 0 Å². The Kier molecular flexibility index (Phi) is 5.92. The van der Waals surface area contributed by atoms with E-state index in [2.05, 4.69) is 13.0 Å². The van der Waals surface area contributed by atoms with Gasteiger partial charge in [0.25, 0.3) is 0 Å². The molecule has 0 aliphatic heterocycles. The number of aliphatic hydroxyl groups is 1. The van der Waals surface area contributed by atoms with Crippen molar-refractivity contribution in [2.75, 3.05) is 6.61 Å². The maximum atomic E-state index is 13.3. The number of ketones is 2. The van der Waals surface area contributed by atoms with Crippen molar-refractivity contribution in [3.05, 3.63) is 23.3 Å².